The quantitative estimate of drug-likeness (QED) is 0.137. The van der Waals surface area contributed by atoms with Crippen molar-refractivity contribution in [1.29, 1.82) is 0 Å². The molecule has 12 nitrogen and oxygen atoms in total. The molecule has 0 aliphatic rings. The van der Waals surface area contributed by atoms with Gasteiger partial charge >= 0.3 is 0 Å². The monoisotopic (exact) mass is 1310 g/mol. The molecule has 0 aliphatic heterocycles. The van der Waals surface area contributed by atoms with Gasteiger partial charge in [-0.2, -0.15) is 0 Å². The van der Waals surface area contributed by atoms with Crippen molar-refractivity contribution in [3.05, 3.63) is 303 Å². The van der Waals surface area contributed by atoms with Crippen molar-refractivity contribution in [2.24, 2.45) is 0 Å². The van der Waals surface area contributed by atoms with E-state index in [1.165, 1.54) is 10.8 Å². The molecule has 0 radical (unpaired) electrons. The van der Waals surface area contributed by atoms with Crippen LogP contribution in [0.1, 0.15) is 0 Å². The number of para-hydroxylation sites is 3. The Morgan fingerprint density at radius 3 is 1.19 bits per heavy atom. The van der Waals surface area contributed by atoms with Gasteiger partial charge in [-0.05, 0) is 108 Å². The van der Waals surface area contributed by atoms with Crippen molar-refractivity contribution in [2.45, 2.75) is 0 Å². The predicted molar refractivity (Wildman–Crippen MR) is 409 cm³/mol. The number of hydrogen-bond donors (Lipinski definition) is 0. The molecule has 0 aliphatic carbocycles. The summed E-state index contributed by atoms with van der Waals surface area (Å²) in [4.78, 5) is 31.0. The van der Waals surface area contributed by atoms with Gasteiger partial charge < -0.3 is 26.8 Å². The standard InChI is InChI=1S/C90H50N8O4/c1-5-20-51(21-6-1)85-91-86(52-22-7-2-8-23-52)94-89(93-85)66-31-19-35-75-81(66)65-42-41-64-62-39-37-58(48-77(62)102-83(64)84(65)101-75)98-73-34-18-15-30-61(73)67-44-55(36-43-74(67)98)56-45-70(90-95-87(53-24-9-3-10-25-53)92-88(96-90)54-26-11-4-12-27-54)82-69-50-78-68(49-79(69)100-80(82)46-56)63-40-38-57(47-76(63)99-78)97-71-32-16-13-28-59(71)60-29-14-17-33-72(60)97/h1-50H. The van der Waals surface area contributed by atoms with Crippen LogP contribution in [-0.4, -0.2) is 39.0 Å². The Morgan fingerprint density at radius 1 is 0.196 bits per heavy atom. The topological polar surface area (TPSA) is 140 Å². The van der Waals surface area contributed by atoms with Crippen molar-refractivity contribution >= 4 is 131 Å². The van der Waals surface area contributed by atoms with Gasteiger partial charge in [0.25, 0.3) is 0 Å². The van der Waals surface area contributed by atoms with Gasteiger partial charge in [-0.1, -0.05) is 194 Å². The zero-order valence-electron chi connectivity index (χ0n) is 54.1. The summed E-state index contributed by atoms with van der Waals surface area (Å²) >= 11 is 0. The Kier molecular flexibility index (Phi) is 11.9. The third-order valence-electron chi connectivity index (χ3n) is 20.2. The van der Waals surface area contributed by atoms with Crippen LogP contribution in [-0.2, 0) is 0 Å². The largest absolute Gasteiger partial charge is 0.456 e. The van der Waals surface area contributed by atoms with Crippen molar-refractivity contribution in [1.82, 2.24) is 39.0 Å². The fraction of sp³-hybridized carbons (Fsp3) is 0. The minimum absolute atomic E-state index is 0.511. The average Bonchev–Trinajstić information content (AvgIpc) is 1.58. The van der Waals surface area contributed by atoms with Gasteiger partial charge in [-0.25, -0.2) is 29.9 Å². The van der Waals surface area contributed by atoms with Gasteiger partial charge in [0, 0.05) is 122 Å². The molecule has 0 spiro atoms. The van der Waals surface area contributed by atoms with E-state index in [1.54, 1.807) is 0 Å². The molecule has 22 aromatic rings. The lowest BCUT2D eigenvalue weighted by Crippen LogP contribution is -2.00. The predicted octanol–water partition coefficient (Wildman–Crippen LogP) is 23.5. The molecule has 474 valence electrons. The Bertz CT molecular complexity index is 7080. The normalized spacial score (nSPS) is 12.1. The lowest BCUT2D eigenvalue weighted by Gasteiger charge is -2.11. The molecule has 0 N–H and O–H groups in total. The number of fused-ring (bicyclic) bond motifs is 19. The fourth-order valence-electron chi connectivity index (χ4n) is 15.6. The molecular weight excluding hydrogens is 1260 g/mol. The molecule has 0 amide bonds. The van der Waals surface area contributed by atoms with Crippen LogP contribution in [0.5, 0.6) is 0 Å². The number of benzene rings is 14. The smallest absolute Gasteiger partial charge is 0.178 e. The lowest BCUT2D eigenvalue weighted by atomic mass is 9.96. The molecule has 0 fully saturated rings. The first-order valence-electron chi connectivity index (χ1n) is 34.0. The summed E-state index contributed by atoms with van der Waals surface area (Å²) in [6, 6.07) is 105. The first kappa shape index (κ1) is 56.0. The second kappa shape index (κ2) is 21.7. The number of aromatic nitrogens is 8. The van der Waals surface area contributed by atoms with Crippen LogP contribution >= 0.6 is 0 Å². The SMILES string of the molecule is c1ccc(-c2nc(-c3ccccc3)nc(-c3cc(-c4ccc5c(c4)c4ccccc4n5-c4ccc5c(c4)oc4c5ccc5c4oc4cccc(-c6nc(-c7ccccc7)nc(-c7ccccc7)n6)c45)cc4oc5cc6c(cc5c34)oc3cc(-n4c5ccccc5c5ccccc54)ccc36)n2)cc1. The minimum atomic E-state index is 0.511. The zero-order valence-corrected chi connectivity index (χ0v) is 54.1. The van der Waals surface area contributed by atoms with Crippen LogP contribution in [0.25, 0.3) is 222 Å². The Balaban J connectivity index is 0.688. The van der Waals surface area contributed by atoms with Crippen LogP contribution in [0.4, 0.5) is 0 Å². The highest BCUT2D eigenvalue weighted by Gasteiger charge is 2.26. The van der Waals surface area contributed by atoms with Gasteiger partial charge in [-0.3, -0.25) is 0 Å². The zero-order chi connectivity index (χ0) is 66.7. The second-order valence-electron chi connectivity index (χ2n) is 26.0. The maximum Gasteiger partial charge on any atom is 0.178 e. The molecule has 12 heteroatoms. The molecular formula is C90H50N8O4. The van der Waals surface area contributed by atoms with Crippen molar-refractivity contribution in [3.63, 3.8) is 0 Å². The summed E-state index contributed by atoms with van der Waals surface area (Å²) in [6.07, 6.45) is 0. The van der Waals surface area contributed by atoms with Gasteiger partial charge in [0.2, 0.25) is 0 Å². The van der Waals surface area contributed by atoms with E-state index >= 15 is 0 Å². The van der Waals surface area contributed by atoms with E-state index in [1.807, 2.05) is 133 Å². The van der Waals surface area contributed by atoms with E-state index in [0.717, 1.165) is 149 Å². The summed E-state index contributed by atoms with van der Waals surface area (Å²) in [6.45, 7) is 0. The summed E-state index contributed by atoms with van der Waals surface area (Å²) in [5.41, 5.74) is 19.1. The number of rotatable bonds is 9. The maximum absolute atomic E-state index is 7.14. The van der Waals surface area contributed by atoms with E-state index in [0.29, 0.717) is 62.9 Å². The Labute approximate surface area is 578 Å². The van der Waals surface area contributed by atoms with E-state index < -0.39 is 0 Å². The van der Waals surface area contributed by atoms with Gasteiger partial charge in [0.15, 0.2) is 46.1 Å². The molecule has 102 heavy (non-hydrogen) atoms. The van der Waals surface area contributed by atoms with Crippen LogP contribution in [0.3, 0.4) is 0 Å². The van der Waals surface area contributed by atoms with E-state index in [2.05, 4.69) is 179 Å². The average molecular weight is 1310 g/mol. The molecule has 14 aromatic carbocycles. The van der Waals surface area contributed by atoms with Crippen LogP contribution in [0, 0.1) is 0 Å². The molecule has 0 bridgehead atoms. The second-order valence-corrected chi connectivity index (χ2v) is 26.0. The third-order valence-corrected chi connectivity index (χ3v) is 20.2. The lowest BCUT2D eigenvalue weighted by molar-refractivity contribution is 0.633. The highest BCUT2D eigenvalue weighted by molar-refractivity contribution is 6.23. The maximum atomic E-state index is 7.14. The van der Waals surface area contributed by atoms with Gasteiger partial charge in [0.05, 0.1) is 22.1 Å². The van der Waals surface area contributed by atoms with Crippen molar-refractivity contribution in [2.75, 3.05) is 0 Å². The van der Waals surface area contributed by atoms with E-state index in [-0.39, 0.29) is 0 Å². The third kappa shape index (κ3) is 8.56. The van der Waals surface area contributed by atoms with Crippen molar-refractivity contribution < 1.29 is 17.7 Å². The summed E-state index contributed by atoms with van der Waals surface area (Å²) in [5.74, 6) is 3.35. The van der Waals surface area contributed by atoms with Crippen LogP contribution in [0.15, 0.2) is 321 Å². The van der Waals surface area contributed by atoms with Crippen LogP contribution < -0.4 is 0 Å². The first-order chi connectivity index (χ1) is 50.5. The molecule has 0 saturated heterocycles. The van der Waals surface area contributed by atoms with Gasteiger partial charge in [-0.15, -0.1) is 0 Å². The molecule has 22 rings (SSSR count). The Hall–Kier alpha value is -14.1. The fourth-order valence-corrected chi connectivity index (χ4v) is 15.6. The Morgan fingerprint density at radius 2 is 0.608 bits per heavy atom. The summed E-state index contributed by atoms with van der Waals surface area (Å²) in [7, 11) is 0. The minimum Gasteiger partial charge on any atom is -0.456 e. The summed E-state index contributed by atoms with van der Waals surface area (Å²) in [5, 5.41) is 12.0. The van der Waals surface area contributed by atoms with Crippen LogP contribution in [0.2, 0.25) is 0 Å². The number of nitrogens with zero attached hydrogens (tertiary/aromatic N) is 8. The van der Waals surface area contributed by atoms with Crippen molar-refractivity contribution in [3.8, 4) is 90.8 Å². The molecule has 0 unspecified atom stereocenters. The molecule has 0 saturated carbocycles. The molecule has 0 atom stereocenters. The molecule has 8 aromatic heterocycles. The first-order valence-corrected chi connectivity index (χ1v) is 34.0. The van der Waals surface area contributed by atoms with Gasteiger partial charge in [0.1, 0.15) is 33.5 Å². The highest BCUT2D eigenvalue weighted by atomic mass is 16.4. The van der Waals surface area contributed by atoms with E-state index in [9.17, 15) is 0 Å². The summed E-state index contributed by atoms with van der Waals surface area (Å²) < 4.78 is 32.6. The molecule has 8 heterocycles. The number of hydrogen-bond acceptors (Lipinski definition) is 10. The number of furan rings is 4. The highest BCUT2D eigenvalue weighted by Crippen LogP contribution is 2.47. The van der Waals surface area contributed by atoms with E-state index in [4.69, 9.17) is 47.6 Å².